The van der Waals surface area contributed by atoms with Gasteiger partial charge in [-0.2, -0.15) is 16.0 Å². The second-order valence-electron chi connectivity index (χ2n) is 1.40. The van der Waals surface area contributed by atoms with Gasteiger partial charge in [-0.25, -0.2) is 4.78 Å². The summed E-state index contributed by atoms with van der Waals surface area (Å²) in [6.45, 7) is 0. The van der Waals surface area contributed by atoms with Crippen LogP contribution in [0.15, 0.2) is 0 Å². The Balaban J connectivity index is 0.000000145. The number of thioether (sulfide) groups is 1. The van der Waals surface area contributed by atoms with Crippen molar-refractivity contribution in [3.63, 3.8) is 0 Å². The molecule has 0 atom stereocenters. The SMILES string of the molecule is C1CCSC1.N=S=O. The molecule has 0 unspecified atom stereocenters. The first kappa shape index (κ1) is 8.17. The summed E-state index contributed by atoms with van der Waals surface area (Å²) in [6, 6.07) is 0. The van der Waals surface area contributed by atoms with E-state index >= 15 is 0 Å². The van der Waals surface area contributed by atoms with Crippen LogP contribution in [-0.4, -0.2) is 15.7 Å². The van der Waals surface area contributed by atoms with Gasteiger partial charge in [0.2, 0.25) is 0 Å². The molecule has 0 amide bonds. The van der Waals surface area contributed by atoms with Crippen molar-refractivity contribution in [3.05, 3.63) is 0 Å². The van der Waals surface area contributed by atoms with E-state index in [2.05, 4.69) is 11.8 Å². The lowest BCUT2D eigenvalue weighted by Crippen LogP contribution is -1.58. The van der Waals surface area contributed by atoms with Gasteiger partial charge in [-0.1, -0.05) is 0 Å². The van der Waals surface area contributed by atoms with E-state index in [0.717, 1.165) is 0 Å². The highest BCUT2D eigenvalue weighted by atomic mass is 32.2. The molecule has 1 aliphatic rings. The molecule has 48 valence electrons. The number of rotatable bonds is 0. The summed E-state index contributed by atoms with van der Waals surface area (Å²) in [7, 11) is 0. The van der Waals surface area contributed by atoms with E-state index in [1.54, 1.807) is 0 Å². The fourth-order valence-electron chi connectivity index (χ4n) is 0.510. The first-order valence-electron chi connectivity index (χ1n) is 2.45. The van der Waals surface area contributed by atoms with E-state index in [-0.39, 0.29) is 11.5 Å². The van der Waals surface area contributed by atoms with Gasteiger partial charge in [0.1, 0.15) is 0 Å². The molecule has 0 spiro atoms. The number of hydrogen-bond donors (Lipinski definition) is 1. The number of nitrogens with one attached hydrogen (secondary N) is 1. The highest BCUT2D eigenvalue weighted by molar-refractivity contribution is 7.99. The van der Waals surface area contributed by atoms with Gasteiger partial charge in [0.25, 0.3) is 0 Å². The zero-order valence-electron chi connectivity index (χ0n) is 4.55. The van der Waals surface area contributed by atoms with Gasteiger partial charge in [-0.15, -0.1) is 0 Å². The average Bonchev–Trinajstić information content (AvgIpc) is 2.17. The summed E-state index contributed by atoms with van der Waals surface area (Å²) in [5, 5.41) is 0. The number of hydrogen-bond acceptors (Lipinski definition) is 3. The van der Waals surface area contributed by atoms with E-state index in [1.165, 1.54) is 24.3 Å². The largest absolute Gasteiger partial charge is 0.210 e. The zero-order valence-corrected chi connectivity index (χ0v) is 6.19. The van der Waals surface area contributed by atoms with E-state index < -0.39 is 0 Å². The van der Waals surface area contributed by atoms with Crippen molar-refractivity contribution in [2.24, 2.45) is 0 Å². The van der Waals surface area contributed by atoms with Gasteiger partial charge < -0.3 is 0 Å². The molecule has 0 aromatic rings. The molecule has 0 bridgehead atoms. The minimum absolute atomic E-state index is 0.250. The molecule has 1 aliphatic heterocycles. The van der Waals surface area contributed by atoms with E-state index in [0.29, 0.717) is 0 Å². The Morgan fingerprint density at radius 3 is 1.88 bits per heavy atom. The van der Waals surface area contributed by atoms with Crippen LogP contribution in [0.3, 0.4) is 0 Å². The van der Waals surface area contributed by atoms with Crippen molar-refractivity contribution >= 4 is 23.2 Å². The van der Waals surface area contributed by atoms with Crippen LogP contribution in [0.2, 0.25) is 0 Å². The first-order valence-corrected chi connectivity index (χ1v) is 4.34. The summed E-state index contributed by atoms with van der Waals surface area (Å²) in [6.07, 6.45) is 2.93. The molecule has 1 fully saturated rings. The molecule has 8 heavy (non-hydrogen) atoms. The molecular weight excluding hydrogens is 142 g/mol. The normalized spacial score (nSPS) is 16.5. The molecule has 1 heterocycles. The van der Waals surface area contributed by atoms with Gasteiger partial charge in [-0.3, -0.25) is 0 Å². The Kier molecular flexibility index (Phi) is 7.32. The predicted octanol–water partition coefficient (Wildman–Crippen LogP) is 1.48. The standard InChI is InChI=1S/C4H8S.HNOS/c1-2-4-5-3-1;1-3-2/h1-4H2;1H. The van der Waals surface area contributed by atoms with Gasteiger partial charge in [0, 0.05) is 0 Å². The van der Waals surface area contributed by atoms with Crippen LogP contribution in [0.1, 0.15) is 12.8 Å². The first-order chi connectivity index (χ1) is 3.91. The van der Waals surface area contributed by atoms with Crippen LogP contribution >= 0.6 is 11.8 Å². The highest BCUT2D eigenvalue weighted by Crippen LogP contribution is 2.14. The molecule has 0 radical (unpaired) electrons. The van der Waals surface area contributed by atoms with Crippen LogP contribution in [0.25, 0.3) is 0 Å². The van der Waals surface area contributed by atoms with Gasteiger partial charge in [0.05, 0.1) is 0 Å². The third-order valence-electron chi connectivity index (χ3n) is 0.827. The van der Waals surface area contributed by atoms with Crippen LogP contribution in [0, 0.1) is 4.78 Å². The van der Waals surface area contributed by atoms with Gasteiger partial charge in [-0.05, 0) is 24.3 Å². The minimum Gasteiger partial charge on any atom is -0.210 e. The van der Waals surface area contributed by atoms with Crippen molar-refractivity contribution in [2.45, 2.75) is 12.8 Å². The second kappa shape index (κ2) is 7.17. The Morgan fingerprint density at radius 1 is 1.38 bits per heavy atom. The monoisotopic (exact) mass is 151 g/mol. The Hall–Kier alpha value is 0.170. The molecule has 0 aromatic heterocycles. The van der Waals surface area contributed by atoms with E-state index in [4.69, 9.17) is 8.99 Å². The Labute approximate surface area is 57.1 Å². The van der Waals surface area contributed by atoms with E-state index in [9.17, 15) is 0 Å². The Morgan fingerprint density at radius 2 is 1.75 bits per heavy atom. The fraction of sp³-hybridized carbons (Fsp3) is 1.00. The fourth-order valence-corrected chi connectivity index (χ4v) is 1.53. The molecule has 0 aliphatic carbocycles. The van der Waals surface area contributed by atoms with Crippen molar-refractivity contribution < 1.29 is 4.21 Å². The lowest BCUT2D eigenvalue weighted by Gasteiger charge is -1.69. The molecule has 1 N–H and O–H groups in total. The Bertz CT molecular complexity index is 68.5. The molecule has 2 nitrogen and oxygen atoms in total. The molecule has 0 saturated carbocycles. The third kappa shape index (κ3) is 6.17. The quantitative estimate of drug-likeness (QED) is 0.569. The van der Waals surface area contributed by atoms with E-state index in [1.807, 2.05) is 0 Å². The minimum atomic E-state index is -0.250. The summed E-state index contributed by atoms with van der Waals surface area (Å²) in [5.74, 6) is 2.83. The van der Waals surface area contributed by atoms with Gasteiger partial charge >= 0.3 is 0 Å². The topological polar surface area (TPSA) is 40.9 Å². The molecule has 0 aromatic carbocycles. The summed E-state index contributed by atoms with van der Waals surface area (Å²) < 4.78 is 14.1. The zero-order chi connectivity index (χ0) is 6.24. The van der Waals surface area contributed by atoms with Crippen LogP contribution in [0.5, 0.6) is 0 Å². The highest BCUT2D eigenvalue weighted by Gasteiger charge is 1.95. The van der Waals surface area contributed by atoms with Crippen molar-refractivity contribution in [1.29, 1.82) is 4.78 Å². The molecular formula is C4H9NOS2. The lowest BCUT2D eigenvalue weighted by molar-refractivity contribution is 0.697. The summed E-state index contributed by atoms with van der Waals surface area (Å²) >= 11 is 1.82. The van der Waals surface area contributed by atoms with Crippen molar-refractivity contribution in [1.82, 2.24) is 0 Å². The van der Waals surface area contributed by atoms with Gasteiger partial charge in [0.15, 0.2) is 11.5 Å². The molecule has 1 saturated heterocycles. The molecule has 4 heteroatoms. The summed E-state index contributed by atoms with van der Waals surface area (Å²) in [4.78, 5) is 0. The maximum Gasteiger partial charge on any atom is 0.196 e. The molecule has 1 rings (SSSR count). The predicted molar refractivity (Wildman–Crippen MR) is 37.4 cm³/mol. The maximum absolute atomic E-state index is 8.51. The smallest absolute Gasteiger partial charge is 0.196 e. The average molecular weight is 151 g/mol. The maximum atomic E-state index is 8.51. The third-order valence-corrected chi connectivity index (χ3v) is 1.98. The second-order valence-corrected chi connectivity index (χ2v) is 2.79. The van der Waals surface area contributed by atoms with Crippen LogP contribution in [-0.2, 0) is 11.5 Å². The summed E-state index contributed by atoms with van der Waals surface area (Å²) in [5.41, 5.74) is 0. The van der Waals surface area contributed by atoms with Crippen LogP contribution < -0.4 is 0 Å². The van der Waals surface area contributed by atoms with Crippen molar-refractivity contribution in [2.75, 3.05) is 11.5 Å². The lowest BCUT2D eigenvalue weighted by atomic mass is 10.4. The van der Waals surface area contributed by atoms with Crippen LogP contribution in [0.4, 0.5) is 0 Å². The van der Waals surface area contributed by atoms with Crippen molar-refractivity contribution in [3.8, 4) is 0 Å².